The van der Waals surface area contributed by atoms with Gasteiger partial charge in [-0.1, -0.05) is 57.2 Å². The number of fused-ring (bicyclic) bond motifs is 1. The van der Waals surface area contributed by atoms with E-state index in [-0.39, 0.29) is 24.3 Å². The number of amides is 4. The lowest BCUT2D eigenvalue weighted by atomic mass is 9.85. The molecule has 0 bridgehead atoms. The maximum absolute atomic E-state index is 14.3. The molecule has 15 heteroatoms. The molecule has 3 unspecified atom stereocenters. The van der Waals surface area contributed by atoms with Crippen LogP contribution < -0.4 is 15.4 Å². The number of sulfone groups is 1. The van der Waals surface area contributed by atoms with E-state index in [4.69, 9.17) is 4.74 Å². The molecule has 1 heterocycles. The fourth-order valence-electron chi connectivity index (χ4n) is 5.89. The number of sulfonamides is 1. The minimum Gasteiger partial charge on any atom is -0.444 e. The van der Waals surface area contributed by atoms with E-state index in [9.17, 15) is 36.0 Å². The second-order valence-corrected chi connectivity index (χ2v) is 18.6. The molecule has 2 aromatic rings. The van der Waals surface area contributed by atoms with Crippen molar-refractivity contribution in [1.82, 2.24) is 20.3 Å². The summed E-state index contributed by atoms with van der Waals surface area (Å²) in [6, 6.07) is 9.29. The van der Waals surface area contributed by atoms with Crippen molar-refractivity contribution in [3.05, 3.63) is 55.1 Å². The molecule has 13 nitrogen and oxygen atoms in total. The molecule has 0 radical (unpaired) electrons. The number of carbonyl (C=O) groups excluding carboxylic acids is 4. The van der Waals surface area contributed by atoms with Gasteiger partial charge in [0.15, 0.2) is 9.84 Å². The third-order valence-electron chi connectivity index (χ3n) is 8.44. The Morgan fingerprint density at radius 1 is 1.00 bits per heavy atom. The fraction of sp³-hybridized carbons (Fsp3) is 0.515. The first kappa shape index (κ1) is 36.8. The van der Waals surface area contributed by atoms with Gasteiger partial charge in [-0.25, -0.2) is 21.6 Å². The Balaban J connectivity index is 1.72. The van der Waals surface area contributed by atoms with Crippen LogP contribution in [-0.4, -0.2) is 86.8 Å². The lowest BCUT2D eigenvalue weighted by molar-refractivity contribution is -0.142. The van der Waals surface area contributed by atoms with E-state index in [2.05, 4.69) is 17.2 Å². The molecule has 4 rings (SSSR count). The van der Waals surface area contributed by atoms with Gasteiger partial charge in [0.25, 0.3) is 5.91 Å². The molecule has 1 aliphatic carbocycles. The molecule has 262 valence electrons. The highest BCUT2D eigenvalue weighted by Gasteiger charge is 2.61. The molecule has 1 saturated carbocycles. The molecule has 1 saturated heterocycles. The van der Waals surface area contributed by atoms with Crippen LogP contribution in [0.4, 0.5) is 4.79 Å². The van der Waals surface area contributed by atoms with E-state index < -0.39 is 83.5 Å². The van der Waals surface area contributed by atoms with Crippen LogP contribution in [0.3, 0.4) is 0 Å². The SMILES string of the molecule is C=CC1CC1(NC(=O)[C@@H]1C[C@@H](S(=O)(=O)c2ccc3ccccc3c2)CN1C(=O)C(NC(=O)OC(C)(C)C)C(C)(C)C)C(=O)NS(C)(=O)=O. The van der Waals surface area contributed by atoms with Crippen LogP contribution in [0.15, 0.2) is 60.0 Å². The number of carbonyl (C=O) groups is 4. The maximum Gasteiger partial charge on any atom is 0.408 e. The van der Waals surface area contributed by atoms with Crippen molar-refractivity contribution in [2.75, 3.05) is 12.8 Å². The zero-order valence-corrected chi connectivity index (χ0v) is 29.8. The number of likely N-dealkylation sites (tertiary alicyclic amines) is 1. The number of hydrogen-bond donors (Lipinski definition) is 3. The van der Waals surface area contributed by atoms with Gasteiger partial charge in [0.1, 0.15) is 23.2 Å². The molecule has 2 aromatic carbocycles. The Hall–Kier alpha value is -3.98. The molecular weight excluding hydrogens is 661 g/mol. The van der Waals surface area contributed by atoms with Crippen LogP contribution in [0.5, 0.6) is 0 Å². The van der Waals surface area contributed by atoms with Crippen molar-refractivity contribution in [3.63, 3.8) is 0 Å². The highest BCUT2D eigenvalue weighted by molar-refractivity contribution is 7.92. The third kappa shape index (κ3) is 8.00. The number of hydrogen-bond acceptors (Lipinski definition) is 9. The van der Waals surface area contributed by atoms with Crippen LogP contribution in [0.1, 0.15) is 54.4 Å². The zero-order chi connectivity index (χ0) is 36.0. The highest BCUT2D eigenvalue weighted by Crippen LogP contribution is 2.45. The van der Waals surface area contributed by atoms with Crippen molar-refractivity contribution in [2.45, 2.75) is 87.8 Å². The molecule has 0 aromatic heterocycles. The zero-order valence-electron chi connectivity index (χ0n) is 28.2. The number of alkyl carbamates (subject to hydrolysis) is 1. The Morgan fingerprint density at radius 2 is 1.62 bits per heavy atom. The minimum absolute atomic E-state index is 0.0109. The van der Waals surface area contributed by atoms with Crippen molar-refractivity contribution < 1.29 is 40.8 Å². The lowest BCUT2D eigenvalue weighted by Gasteiger charge is -2.36. The van der Waals surface area contributed by atoms with E-state index >= 15 is 0 Å². The van der Waals surface area contributed by atoms with Gasteiger partial charge in [-0.2, -0.15) is 0 Å². The van der Waals surface area contributed by atoms with Crippen LogP contribution in [0.25, 0.3) is 10.8 Å². The molecule has 48 heavy (non-hydrogen) atoms. The summed E-state index contributed by atoms with van der Waals surface area (Å²) >= 11 is 0. The molecule has 5 atom stereocenters. The van der Waals surface area contributed by atoms with Gasteiger partial charge in [-0.15, -0.1) is 6.58 Å². The van der Waals surface area contributed by atoms with Gasteiger partial charge >= 0.3 is 6.09 Å². The summed E-state index contributed by atoms with van der Waals surface area (Å²) in [7, 11) is -8.10. The summed E-state index contributed by atoms with van der Waals surface area (Å²) in [4.78, 5) is 55.4. The number of rotatable bonds is 9. The molecule has 1 aliphatic heterocycles. The van der Waals surface area contributed by atoms with Gasteiger partial charge in [0, 0.05) is 12.5 Å². The third-order valence-corrected chi connectivity index (χ3v) is 11.1. The normalized spacial score (nSPS) is 23.6. The Labute approximate surface area is 281 Å². The summed E-state index contributed by atoms with van der Waals surface area (Å²) in [5, 5.41) is 5.51. The molecule has 2 aliphatic rings. The Bertz CT molecular complexity index is 1860. The highest BCUT2D eigenvalue weighted by atomic mass is 32.2. The van der Waals surface area contributed by atoms with Crippen molar-refractivity contribution in [1.29, 1.82) is 0 Å². The van der Waals surface area contributed by atoms with Crippen molar-refractivity contribution in [2.24, 2.45) is 11.3 Å². The van der Waals surface area contributed by atoms with E-state index in [0.717, 1.165) is 16.5 Å². The summed E-state index contributed by atoms with van der Waals surface area (Å²) in [5.74, 6) is -3.16. The van der Waals surface area contributed by atoms with E-state index in [1.807, 2.05) is 16.9 Å². The maximum atomic E-state index is 14.3. The first-order chi connectivity index (χ1) is 22.0. The topological polar surface area (TPSA) is 185 Å². The van der Waals surface area contributed by atoms with Crippen LogP contribution in [0, 0.1) is 11.3 Å². The first-order valence-corrected chi connectivity index (χ1v) is 18.9. The van der Waals surface area contributed by atoms with Crippen LogP contribution in [-0.2, 0) is 39.0 Å². The molecule has 0 spiro atoms. The molecular formula is C33H44N4O9S2. The van der Waals surface area contributed by atoms with Crippen LogP contribution in [0.2, 0.25) is 0 Å². The second-order valence-electron chi connectivity index (χ2n) is 14.6. The number of nitrogens with one attached hydrogen (secondary N) is 3. The molecule has 2 fully saturated rings. The summed E-state index contributed by atoms with van der Waals surface area (Å²) in [6.45, 7) is 13.4. The molecule has 4 amide bonds. The summed E-state index contributed by atoms with van der Waals surface area (Å²) in [6.07, 6.45) is 1.06. The Kier molecular flexibility index (Phi) is 9.83. The predicted molar refractivity (Wildman–Crippen MR) is 180 cm³/mol. The van der Waals surface area contributed by atoms with E-state index in [1.165, 1.54) is 18.2 Å². The molecule has 3 N–H and O–H groups in total. The fourth-order valence-corrected chi connectivity index (χ4v) is 8.13. The largest absolute Gasteiger partial charge is 0.444 e. The standard InChI is InChI=1S/C33H44N4O9S2/c1-9-22-18-33(22,29(40)36-47(8,42)43)35-27(38)25-17-24(48(44,45)23-15-14-20-12-10-11-13-21(20)16-23)19-37(25)28(39)26(31(2,3)4)34-30(41)46-32(5,6)7/h9-16,22,24-26H,1,17-19H2,2-8H3,(H,34,41)(H,35,38)(H,36,40)/t22?,24-,25+,26?,33?/m1/s1. The van der Waals surface area contributed by atoms with Crippen molar-refractivity contribution in [3.8, 4) is 0 Å². The van der Waals surface area contributed by atoms with Crippen LogP contribution >= 0.6 is 0 Å². The summed E-state index contributed by atoms with van der Waals surface area (Å²) in [5.41, 5.74) is -3.45. The van der Waals surface area contributed by atoms with Crippen molar-refractivity contribution >= 4 is 54.4 Å². The van der Waals surface area contributed by atoms with E-state index in [1.54, 1.807) is 59.7 Å². The van der Waals surface area contributed by atoms with Gasteiger partial charge in [0.05, 0.1) is 16.4 Å². The first-order valence-electron chi connectivity index (χ1n) is 15.5. The van der Waals surface area contributed by atoms with Gasteiger partial charge < -0.3 is 20.3 Å². The average Bonchev–Trinajstić information content (AvgIpc) is 3.47. The number of benzene rings is 2. The smallest absolute Gasteiger partial charge is 0.408 e. The summed E-state index contributed by atoms with van der Waals surface area (Å²) < 4.78 is 59.2. The Morgan fingerprint density at radius 3 is 2.17 bits per heavy atom. The minimum atomic E-state index is -4.12. The second kappa shape index (κ2) is 12.8. The van der Waals surface area contributed by atoms with Gasteiger partial charge in [-0.05, 0) is 61.9 Å². The number of ether oxygens (including phenoxy) is 1. The van der Waals surface area contributed by atoms with Gasteiger partial charge in [-0.3, -0.25) is 19.1 Å². The monoisotopic (exact) mass is 704 g/mol. The number of nitrogens with zero attached hydrogens (tertiary/aromatic N) is 1. The predicted octanol–water partition coefficient (Wildman–Crippen LogP) is 2.66. The quantitative estimate of drug-likeness (QED) is 0.330. The lowest BCUT2D eigenvalue weighted by Crippen LogP contribution is -2.60. The average molecular weight is 705 g/mol. The van der Waals surface area contributed by atoms with Gasteiger partial charge in [0.2, 0.25) is 21.8 Å². The van der Waals surface area contributed by atoms with E-state index in [0.29, 0.717) is 5.39 Å².